The molecule has 2 heterocycles. The quantitative estimate of drug-likeness (QED) is 0.225. The van der Waals surface area contributed by atoms with Crippen LogP contribution in [0.4, 0.5) is 5.69 Å². The Hall–Kier alpha value is -3.04. The Morgan fingerprint density at radius 1 is 1.23 bits per heavy atom. The number of rotatable bonds is 5. The van der Waals surface area contributed by atoms with Crippen molar-refractivity contribution in [2.24, 2.45) is 0 Å². The first-order valence-electron chi connectivity index (χ1n) is 9.77. The maximum atomic E-state index is 13.0. The van der Waals surface area contributed by atoms with E-state index >= 15 is 0 Å². The third-order valence-electron chi connectivity index (χ3n) is 5.48. The van der Waals surface area contributed by atoms with E-state index in [1.165, 1.54) is 23.1 Å². The predicted octanol–water partition coefficient (Wildman–Crippen LogP) is 3.96. The highest BCUT2D eigenvalue weighted by atomic mass is 79.9. The molecule has 31 heavy (non-hydrogen) atoms. The number of halogens is 1. The van der Waals surface area contributed by atoms with Gasteiger partial charge in [0.05, 0.1) is 22.6 Å². The van der Waals surface area contributed by atoms with Crippen LogP contribution in [0.5, 0.6) is 0 Å². The summed E-state index contributed by atoms with van der Waals surface area (Å²) in [5, 5.41) is 22.3. The first-order chi connectivity index (χ1) is 14.9. The van der Waals surface area contributed by atoms with Crippen molar-refractivity contribution >= 4 is 39.1 Å². The molecule has 0 unspecified atom stereocenters. The SMILES string of the molecule is O=C1C(=O)N(C[C@@H]2CCCO2)[C@@H](c2cccc([N+](=O)[O-])c2)C1=C(O)c1ccc(Br)cc1. The maximum absolute atomic E-state index is 13.0. The van der Waals surface area contributed by atoms with E-state index in [9.17, 15) is 24.8 Å². The van der Waals surface area contributed by atoms with Gasteiger partial charge in [0.25, 0.3) is 17.4 Å². The lowest BCUT2D eigenvalue weighted by Gasteiger charge is -2.27. The zero-order valence-corrected chi connectivity index (χ0v) is 17.9. The lowest BCUT2D eigenvalue weighted by Crippen LogP contribution is -2.36. The fraction of sp³-hybridized carbons (Fsp3) is 0.273. The van der Waals surface area contributed by atoms with Gasteiger partial charge in [0.1, 0.15) is 5.76 Å². The second-order valence-electron chi connectivity index (χ2n) is 7.45. The normalized spacial score (nSPS) is 22.8. The number of aliphatic hydroxyl groups is 1. The highest BCUT2D eigenvalue weighted by molar-refractivity contribution is 9.10. The summed E-state index contributed by atoms with van der Waals surface area (Å²) in [4.78, 5) is 38.0. The van der Waals surface area contributed by atoms with Gasteiger partial charge in [-0.3, -0.25) is 19.7 Å². The molecule has 8 nitrogen and oxygen atoms in total. The number of hydrogen-bond donors (Lipinski definition) is 1. The van der Waals surface area contributed by atoms with Crippen molar-refractivity contribution in [3.63, 3.8) is 0 Å². The molecule has 0 aliphatic carbocycles. The number of nitro benzene ring substituents is 1. The van der Waals surface area contributed by atoms with E-state index in [2.05, 4.69) is 15.9 Å². The number of likely N-dealkylation sites (tertiary alicyclic amines) is 1. The molecule has 1 amide bonds. The van der Waals surface area contributed by atoms with Crippen LogP contribution in [0.25, 0.3) is 5.76 Å². The molecule has 0 bridgehead atoms. The average Bonchev–Trinajstić information content (AvgIpc) is 3.36. The minimum absolute atomic E-state index is 0.0918. The van der Waals surface area contributed by atoms with E-state index in [1.54, 1.807) is 30.3 Å². The number of carbonyl (C=O) groups is 2. The number of benzene rings is 2. The number of non-ortho nitro benzene ring substituents is 1. The fourth-order valence-electron chi connectivity index (χ4n) is 3.99. The lowest BCUT2D eigenvalue weighted by atomic mass is 9.95. The Balaban J connectivity index is 1.85. The van der Waals surface area contributed by atoms with E-state index in [1.807, 2.05) is 0 Å². The van der Waals surface area contributed by atoms with Gasteiger partial charge in [-0.2, -0.15) is 0 Å². The first kappa shape index (κ1) is 21.2. The topological polar surface area (TPSA) is 110 Å². The summed E-state index contributed by atoms with van der Waals surface area (Å²) in [5.74, 6) is -1.90. The van der Waals surface area contributed by atoms with E-state index < -0.39 is 22.7 Å². The monoisotopic (exact) mass is 486 g/mol. The van der Waals surface area contributed by atoms with Crippen LogP contribution in [0.2, 0.25) is 0 Å². The van der Waals surface area contributed by atoms with Gasteiger partial charge < -0.3 is 14.7 Å². The summed E-state index contributed by atoms with van der Waals surface area (Å²) in [5.41, 5.74) is 0.494. The molecular weight excluding hydrogens is 468 g/mol. The highest BCUT2D eigenvalue weighted by Gasteiger charge is 2.47. The predicted molar refractivity (Wildman–Crippen MR) is 115 cm³/mol. The molecule has 2 atom stereocenters. The maximum Gasteiger partial charge on any atom is 0.295 e. The molecule has 9 heteroatoms. The Morgan fingerprint density at radius 2 is 1.97 bits per heavy atom. The minimum Gasteiger partial charge on any atom is -0.507 e. The van der Waals surface area contributed by atoms with Crippen molar-refractivity contribution in [2.45, 2.75) is 25.0 Å². The standard InChI is InChI=1S/C22H19BrN2O6/c23-15-8-6-13(7-9-15)20(26)18-19(14-3-1-4-16(11-14)25(29)30)24(22(28)21(18)27)12-17-5-2-10-31-17/h1,3-4,6-9,11,17,19,26H,2,5,10,12H2/t17-,19-/m0/s1. The molecule has 0 spiro atoms. The van der Waals surface area contributed by atoms with Gasteiger partial charge in [-0.05, 0) is 30.5 Å². The van der Waals surface area contributed by atoms with Crippen molar-refractivity contribution in [1.82, 2.24) is 4.90 Å². The van der Waals surface area contributed by atoms with Gasteiger partial charge in [-0.25, -0.2) is 0 Å². The summed E-state index contributed by atoms with van der Waals surface area (Å²) in [6.07, 6.45) is 1.37. The average molecular weight is 487 g/mol. The van der Waals surface area contributed by atoms with Crippen LogP contribution < -0.4 is 0 Å². The van der Waals surface area contributed by atoms with Crippen molar-refractivity contribution in [1.29, 1.82) is 0 Å². The van der Waals surface area contributed by atoms with Crippen LogP contribution in [-0.2, 0) is 14.3 Å². The Morgan fingerprint density at radius 3 is 2.61 bits per heavy atom. The number of Topliss-reactive ketones (excluding diaryl/α,β-unsaturated/α-hetero) is 1. The van der Waals surface area contributed by atoms with Crippen LogP contribution >= 0.6 is 15.9 Å². The first-order valence-corrected chi connectivity index (χ1v) is 10.6. The summed E-state index contributed by atoms with van der Waals surface area (Å²) in [6, 6.07) is 11.5. The number of nitro groups is 1. The second-order valence-corrected chi connectivity index (χ2v) is 8.36. The number of carbonyl (C=O) groups excluding carboxylic acids is 2. The van der Waals surface area contributed by atoms with Crippen LogP contribution in [0.3, 0.4) is 0 Å². The molecule has 0 aromatic heterocycles. The van der Waals surface area contributed by atoms with Crippen molar-refractivity contribution in [2.75, 3.05) is 13.2 Å². The number of aliphatic hydroxyl groups excluding tert-OH is 1. The third-order valence-corrected chi connectivity index (χ3v) is 6.01. The Bertz CT molecular complexity index is 1080. The number of hydrogen-bond acceptors (Lipinski definition) is 6. The van der Waals surface area contributed by atoms with Crippen LogP contribution in [0, 0.1) is 10.1 Å². The summed E-state index contributed by atoms with van der Waals surface area (Å²) in [7, 11) is 0. The summed E-state index contributed by atoms with van der Waals surface area (Å²) < 4.78 is 6.43. The Labute approximate surface area is 186 Å². The smallest absolute Gasteiger partial charge is 0.295 e. The molecule has 2 aromatic carbocycles. The van der Waals surface area contributed by atoms with Gasteiger partial charge in [0, 0.05) is 35.3 Å². The minimum atomic E-state index is -0.951. The molecule has 1 N–H and O–H groups in total. The summed E-state index contributed by atoms with van der Waals surface area (Å²) in [6.45, 7) is 0.740. The van der Waals surface area contributed by atoms with Crippen LogP contribution in [-0.4, -0.2) is 45.9 Å². The lowest BCUT2D eigenvalue weighted by molar-refractivity contribution is -0.384. The number of ketones is 1. The van der Waals surface area contributed by atoms with Crippen LogP contribution in [0.1, 0.15) is 30.0 Å². The van der Waals surface area contributed by atoms with E-state index in [4.69, 9.17) is 4.74 Å². The van der Waals surface area contributed by atoms with Gasteiger partial charge in [-0.1, -0.05) is 40.2 Å². The van der Waals surface area contributed by atoms with E-state index in [-0.39, 0.29) is 29.7 Å². The van der Waals surface area contributed by atoms with Gasteiger partial charge in [0.15, 0.2) is 0 Å². The molecular formula is C22H19BrN2O6. The number of ether oxygens (including phenoxy) is 1. The van der Waals surface area contributed by atoms with Crippen molar-refractivity contribution in [3.8, 4) is 0 Å². The second kappa shape index (κ2) is 8.60. The molecule has 0 saturated carbocycles. The molecule has 2 aromatic rings. The van der Waals surface area contributed by atoms with E-state index in [0.29, 0.717) is 17.7 Å². The van der Waals surface area contributed by atoms with Gasteiger partial charge >= 0.3 is 0 Å². The van der Waals surface area contributed by atoms with Crippen molar-refractivity contribution in [3.05, 3.63) is 79.8 Å². The summed E-state index contributed by atoms with van der Waals surface area (Å²) >= 11 is 3.32. The van der Waals surface area contributed by atoms with Gasteiger partial charge in [0.2, 0.25) is 0 Å². The molecule has 2 fully saturated rings. The van der Waals surface area contributed by atoms with Crippen molar-refractivity contribution < 1.29 is 24.4 Å². The highest BCUT2D eigenvalue weighted by Crippen LogP contribution is 2.41. The molecule has 0 radical (unpaired) electrons. The molecule has 2 aliphatic rings. The van der Waals surface area contributed by atoms with Gasteiger partial charge in [-0.15, -0.1) is 0 Å². The molecule has 160 valence electrons. The molecule has 4 rings (SSSR count). The molecule has 2 aliphatic heterocycles. The van der Waals surface area contributed by atoms with E-state index in [0.717, 1.165) is 17.3 Å². The largest absolute Gasteiger partial charge is 0.507 e. The zero-order valence-electron chi connectivity index (χ0n) is 16.4. The fourth-order valence-corrected chi connectivity index (χ4v) is 4.26. The van der Waals surface area contributed by atoms with Crippen LogP contribution in [0.15, 0.2) is 58.6 Å². The molecule has 2 saturated heterocycles. The zero-order chi connectivity index (χ0) is 22.1. The number of amides is 1. The Kier molecular flexibility index (Phi) is 5.88. The third kappa shape index (κ3) is 4.11. The number of nitrogens with zero attached hydrogens (tertiary/aromatic N) is 2.